The van der Waals surface area contributed by atoms with Crippen LogP contribution in [0, 0.1) is 0 Å². The summed E-state index contributed by atoms with van der Waals surface area (Å²) >= 11 is 0. The van der Waals surface area contributed by atoms with Gasteiger partial charge in [-0.2, -0.15) is 0 Å². The molecular formula is C26H23N3O4. The van der Waals surface area contributed by atoms with Gasteiger partial charge in [0.25, 0.3) is 0 Å². The minimum Gasteiger partial charge on any atom is -0.508 e. The molecule has 33 heavy (non-hydrogen) atoms. The molecule has 166 valence electrons. The third-order valence-electron chi connectivity index (χ3n) is 5.72. The second kappa shape index (κ2) is 8.35. The molecule has 7 nitrogen and oxygen atoms in total. The summed E-state index contributed by atoms with van der Waals surface area (Å²) in [4.78, 5) is 18.2. The lowest BCUT2D eigenvalue weighted by Gasteiger charge is -2.31. The number of imidazole rings is 1. The van der Waals surface area contributed by atoms with Crippen LogP contribution in [0.4, 0.5) is 5.95 Å². The number of carbonyl (C=O) groups is 1. The summed E-state index contributed by atoms with van der Waals surface area (Å²) in [6, 6.07) is 21.6. The van der Waals surface area contributed by atoms with Crippen molar-refractivity contribution < 1.29 is 19.4 Å². The monoisotopic (exact) mass is 441 g/mol. The molecule has 1 aliphatic rings. The van der Waals surface area contributed by atoms with E-state index < -0.39 is 12.0 Å². The number of nitrogens with zero attached hydrogens (tertiary/aromatic N) is 2. The fourth-order valence-electron chi connectivity index (χ4n) is 4.22. The Bertz CT molecular complexity index is 1350. The maximum Gasteiger partial charge on any atom is 0.338 e. The predicted octanol–water partition coefficient (Wildman–Crippen LogP) is 4.74. The fraction of sp³-hybridized carbons (Fsp3) is 0.154. The van der Waals surface area contributed by atoms with Crippen LogP contribution in [0.25, 0.3) is 16.7 Å². The summed E-state index contributed by atoms with van der Waals surface area (Å²) in [5.41, 5.74) is 4.41. The molecule has 0 fully saturated rings. The van der Waals surface area contributed by atoms with Gasteiger partial charge in [-0.1, -0.05) is 24.3 Å². The molecule has 0 saturated heterocycles. The van der Waals surface area contributed by atoms with Gasteiger partial charge in [-0.3, -0.25) is 4.57 Å². The van der Waals surface area contributed by atoms with Gasteiger partial charge in [0.2, 0.25) is 5.95 Å². The van der Waals surface area contributed by atoms with Crippen LogP contribution in [0.3, 0.4) is 0 Å². The van der Waals surface area contributed by atoms with Gasteiger partial charge in [0, 0.05) is 0 Å². The number of hydrogen-bond donors (Lipinski definition) is 2. The number of para-hydroxylation sites is 2. The van der Waals surface area contributed by atoms with Gasteiger partial charge in [0.15, 0.2) is 0 Å². The lowest BCUT2D eigenvalue weighted by atomic mass is 9.92. The minimum atomic E-state index is -0.509. The molecule has 0 spiro atoms. The number of esters is 1. The van der Waals surface area contributed by atoms with Crippen LogP contribution >= 0.6 is 0 Å². The molecule has 0 amide bonds. The zero-order valence-electron chi connectivity index (χ0n) is 18.3. The summed E-state index contributed by atoms with van der Waals surface area (Å²) in [5, 5.41) is 13.3. The van der Waals surface area contributed by atoms with Crippen molar-refractivity contribution in [2.45, 2.75) is 13.0 Å². The largest absolute Gasteiger partial charge is 0.508 e. The Kier molecular flexibility index (Phi) is 5.22. The Hall–Kier alpha value is -4.26. The molecule has 0 saturated carbocycles. The number of aromatic nitrogens is 2. The molecule has 1 aliphatic heterocycles. The van der Waals surface area contributed by atoms with Gasteiger partial charge >= 0.3 is 5.97 Å². The normalized spacial score (nSPS) is 15.2. The van der Waals surface area contributed by atoms with Gasteiger partial charge in [-0.25, -0.2) is 9.78 Å². The molecule has 2 heterocycles. The summed E-state index contributed by atoms with van der Waals surface area (Å²) in [5.74, 6) is 1.07. The highest BCUT2D eigenvalue weighted by Gasteiger charge is 2.36. The molecule has 2 N–H and O–H groups in total. The van der Waals surface area contributed by atoms with Crippen LogP contribution in [0.2, 0.25) is 0 Å². The van der Waals surface area contributed by atoms with Crippen molar-refractivity contribution in [2.75, 3.05) is 19.0 Å². The van der Waals surface area contributed by atoms with Gasteiger partial charge in [-0.15, -0.1) is 0 Å². The van der Waals surface area contributed by atoms with E-state index in [0.29, 0.717) is 17.2 Å². The van der Waals surface area contributed by atoms with Crippen molar-refractivity contribution in [3.63, 3.8) is 0 Å². The number of fused-ring (bicyclic) bond motifs is 3. The first-order valence-corrected chi connectivity index (χ1v) is 10.7. The number of aromatic hydroxyl groups is 1. The zero-order valence-corrected chi connectivity index (χ0v) is 18.3. The molecule has 1 aromatic heterocycles. The fourth-order valence-corrected chi connectivity index (χ4v) is 4.22. The number of phenolic OH excluding ortho intramolecular Hbond substituents is 1. The Balaban J connectivity index is 1.80. The molecule has 0 aliphatic carbocycles. The summed E-state index contributed by atoms with van der Waals surface area (Å²) in [6.45, 7) is 2.04. The summed E-state index contributed by atoms with van der Waals surface area (Å²) in [6.07, 6.45) is 0. The average Bonchev–Trinajstić information content (AvgIpc) is 3.22. The van der Waals surface area contributed by atoms with Crippen LogP contribution in [0.15, 0.2) is 78.4 Å². The molecule has 7 heteroatoms. The molecule has 3 aromatic carbocycles. The first-order chi connectivity index (χ1) is 16.1. The highest BCUT2D eigenvalue weighted by Crippen LogP contribution is 2.42. The number of carbonyl (C=O) groups excluding carboxylic acids is 1. The molecule has 4 aromatic rings. The minimum absolute atomic E-state index is 0.153. The standard InChI is InChI=1S/C26H23N3O4/c1-3-33-25(31)22-23(16-10-14-19(32-2)15-11-16)28-26-27-20-6-4-5-7-21(20)29(26)24(22)17-8-12-18(30)13-9-17/h4-15,24,30H,3H2,1-2H3,(H,27,28)/t24-/m1/s1. The first-order valence-electron chi connectivity index (χ1n) is 10.7. The van der Waals surface area contributed by atoms with Crippen molar-refractivity contribution in [1.82, 2.24) is 9.55 Å². The SMILES string of the molecule is CCOC(=O)C1=C(c2ccc(OC)cc2)Nc2nc3ccccc3n2[C@@H]1c1ccc(O)cc1. The van der Waals surface area contributed by atoms with Crippen LogP contribution in [0.1, 0.15) is 24.1 Å². The number of phenols is 1. The molecular weight excluding hydrogens is 418 g/mol. The maximum absolute atomic E-state index is 13.4. The van der Waals surface area contributed by atoms with E-state index in [9.17, 15) is 9.90 Å². The molecule has 5 rings (SSSR count). The number of benzene rings is 3. The predicted molar refractivity (Wildman–Crippen MR) is 126 cm³/mol. The zero-order chi connectivity index (χ0) is 22.9. The number of rotatable bonds is 5. The van der Waals surface area contributed by atoms with Crippen LogP contribution in [0.5, 0.6) is 11.5 Å². The lowest BCUT2D eigenvalue weighted by molar-refractivity contribution is -0.138. The van der Waals surface area contributed by atoms with E-state index in [2.05, 4.69) is 5.32 Å². The summed E-state index contributed by atoms with van der Waals surface area (Å²) in [7, 11) is 1.61. The van der Waals surface area contributed by atoms with E-state index in [0.717, 1.165) is 27.9 Å². The number of hydrogen-bond acceptors (Lipinski definition) is 6. The number of anilines is 1. The molecule has 0 bridgehead atoms. The summed E-state index contributed by atoms with van der Waals surface area (Å²) < 4.78 is 12.8. The van der Waals surface area contributed by atoms with Crippen LogP contribution in [-0.2, 0) is 9.53 Å². The lowest BCUT2D eigenvalue weighted by Crippen LogP contribution is -2.29. The molecule has 0 unspecified atom stereocenters. The Morgan fingerprint density at radius 3 is 2.48 bits per heavy atom. The van der Waals surface area contributed by atoms with E-state index in [1.54, 1.807) is 26.2 Å². The number of ether oxygens (including phenoxy) is 2. The second-order valence-electron chi connectivity index (χ2n) is 7.65. The van der Waals surface area contributed by atoms with E-state index in [4.69, 9.17) is 14.5 Å². The highest BCUT2D eigenvalue weighted by molar-refractivity contribution is 6.03. The van der Waals surface area contributed by atoms with Gasteiger partial charge < -0.3 is 19.9 Å². The van der Waals surface area contributed by atoms with Crippen molar-refractivity contribution in [2.24, 2.45) is 0 Å². The smallest absolute Gasteiger partial charge is 0.338 e. The van der Waals surface area contributed by atoms with E-state index in [1.165, 1.54) is 0 Å². The topological polar surface area (TPSA) is 85.6 Å². The third kappa shape index (κ3) is 3.57. The maximum atomic E-state index is 13.4. The van der Waals surface area contributed by atoms with Gasteiger partial charge in [0.05, 0.1) is 42.1 Å². The number of nitrogens with one attached hydrogen (secondary N) is 1. The van der Waals surface area contributed by atoms with Crippen molar-refractivity contribution in [3.05, 3.63) is 89.5 Å². The third-order valence-corrected chi connectivity index (χ3v) is 5.72. The quantitative estimate of drug-likeness (QED) is 0.435. The van der Waals surface area contributed by atoms with Crippen molar-refractivity contribution >= 4 is 28.6 Å². The Labute approximate surface area is 190 Å². The Morgan fingerprint density at radius 2 is 1.79 bits per heavy atom. The van der Waals surface area contributed by atoms with E-state index >= 15 is 0 Å². The first kappa shape index (κ1) is 20.6. The van der Waals surface area contributed by atoms with Crippen LogP contribution in [-0.4, -0.2) is 34.3 Å². The van der Waals surface area contributed by atoms with E-state index in [1.807, 2.05) is 65.2 Å². The molecule has 0 radical (unpaired) electrons. The number of methoxy groups -OCH3 is 1. The van der Waals surface area contributed by atoms with E-state index in [-0.39, 0.29) is 12.4 Å². The molecule has 1 atom stereocenters. The second-order valence-corrected chi connectivity index (χ2v) is 7.65. The Morgan fingerprint density at radius 1 is 1.06 bits per heavy atom. The van der Waals surface area contributed by atoms with Crippen molar-refractivity contribution in [1.29, 1.82) is 0 Å². The average molecular weight is 441 g/mol. The highest BCUT2D eigenvalue weighted by atomic mass is 16.5. The van der Waals surface area contributed by atoms with Gasteiger partial charge in [0.1, 0.15) is 11.5 Å². The van der Waals surface area contributed by atoms with Crippen LogP contribution < -0.4 is 10.1 Å². The van der Waals surface area contributed by atoms with Gasteiger partial charge in [-0.05, 0) is 66.6 Å². The van der Waals surface area contributed by atoms with Crippen molar-refractivity contribution in [3.8, 4) is 11.5 Å².